The van der Waals surface area contributed by atoms with Crippen LogP contribution in [0.15, 0.2) is 47.6 Å². The largest absolute Gasteiger partial charge is 0.411 e. The van der Waals surface area contributed by atoms with Crippen LogP contribution in [0.4, 0.5) is 14.5 Å². The number of amides is 1. The van der Waals surface area contributed by atoms with Crippen LogP contribution in [-0.2, 0) is 0 Å². The van der Waals surface area contributed by atoms with Crippen molar-refractivity contribution >= 4 is 17.3 Å². The van der Waals surface area contributed by atoms with E-state index in [1.807, 2.05) is 0 Å². The van der Waals surface area contributed by atoms with Gasteiger partial charge in [0.05, 0.1) is 5.71 Å². The third-order valence-electron chi connectivity index (χ3n) is 2.81. The highest BCUT2D eigenvalue weighted by atomic mass is 19.1. The minimum Gasteiger partial charge on any atom is -0.411 e. The Balaban J connectivity index is 2.23. The highest BCUT2D eigenvalue weighted by Crippen LogP contribution is 2.14. The molecule has 2 N–H and O–H groups in total. The lowest BCUT2D eigenvalue weighted by Gasteiger charge is -2.07. The van der Waals surface area contributed by atoms with Crippen LogP contribution in [0, 0.1) is 11.6 Å². The molecule has 108 valence electrons. The summed E-state index contributed by atoms with van der Waals surface area (Å²) in [5.41, 5.74) is 1.29. The Hall–Kier alpha value is -2.76. The van der Waals surface area contributed by atoms with E-state index in [1.54, 1.807) is 31.2 Å². The van der Waals surface area contributed by atoms with Crippen LogP contribution in [0.2, 0.25) is 0 Å². The van der Waals surface area contributed by atoms with E-state index in [4.69, 9.17) is 5.21 Å². The molecule has 0 atom stereocenters. The molecule has 4 nitrogen and oxygen atoms in total. The average molecular weight is 290 g/mol. The average Bonchev–Trinajstić information content (AvgIpc) is 2.45. The number of anilines is 1. The first-order valence-electron chi connectivity index (χ1n) is 6.06. The molecule has 2 aromatic carbocycles. The Morgan fingerprint density at radius 1 is 1.10 bits per heavy atom. The maximum absolute atomic E-state index is 13.1. The fraction of sp³-hybridized carbons (Fsp3) is 0.0667. The highest BCUT2D eigenvalue weighted by Gasteiger charge is 2.10. The van der Waals surface area contributed by atoms with Crippen molar-refractivity contribution in [2.75, 3.05) is 5.32 Å². The van der Waals surface area contributed by atoms with E-state index in [-0.39, 0.29) is 5.56 Å². The van der Waals surface area contributed by atoms with E-state index in [0.29, 0.717) is 23.0 Å². The minimum atomic E-state index is -0.822. The van der Waals surface area contributed by atoms with E-state index < -0.39 is 17.5 Å². The number of hydrogen-bond donors (Lipinski definition) is 2. The molecule has 6 heteroatoms. The lowest BCUT2D eigenvalue weighted by atomic mass is 10.1. The molecule has 0 saturated heterocycles. The number of nitrogens with zero attached hydrogens (tertiary/aromatic N) is 1. The summed E-state index contributed by atoms with van der Waals surface area (Å²) in [6.07, 6.45) is 0. The standard InChI is InChI=1S/C15H12F2N2O2/c1-9(19-21)10-3-2-4-14(7-10)18-15(20)11-5-12(16)8-13(17)6-11/h2-8,21H,1H3,(H,18,20)/b19-9+. The minimum absolute atomic E-state index is 0.120. The van der Waals surface area contributed by atoms with Crippen LogP contribution >= 0.6 is 0 Å². The molecule has 21 heavy (non-hydrogen) atoms. The maximum Gasteiger partial charge on any atom is 0.255 e. The fourth-order valence-corrected chi connectivity index (χ4v) is 1.77. The summed E-state index contributed by atoms with van der Waals surface area (Å²) >= 11 is 0. The zero-order valence-corrected chi connectivity index (χ0v) is 11.1. The van der Waals surface area contributed by atoms with Gasteiger partial charge in [0.15, 0.2) is 0 Å². The number of carbonyl (C=O) groups is 1. The third-order valence-corrected chi connectivity index (χ3v) is 2.81. The van der Waals surface area contributed by atoms with Crippen LogP contribution in [0.5, 0.6) is 0 Å². The molecule has 2 aromatic rings. The second kappa shape index (κ2) is 6.13. The second-order valence-electron chi connectivity index (χ2n) is 4.38. The number of benzene rings is 2. The van der Waals surface area contributed by atoms with Crippen molar-refractivity contribution in [3.8, 4) is 0 Å². The van der Waals surface area contributed by atoms with E-state index in [2.05, 4.69) is 10.5 Å². The van der Waals surface area contributed by atoms with Gasteiger partial charge >= 0.3 is 0 Å². The molecular formula is C15H12F2N2O2. The maximum atomic E-state index is 13.1. The zero-order chi connectivity index (χ0) is 15.4. The van der Waals surface area contributed by atoms with Crippen LogP contribution in [-0.4, -0.2) is 16.8 Å². The molecule has 0 aromatic heterocycles. The monoisotopic (exact) mass is 290 g/mol. The van der Waals surface area contributed by atoms with Crippen molar-refractivity contribution in [3.63, 3.8) is 0 Å². The molecule has 0 aliphatic rings. The Morgan fingerprint density at radius 2 is 1.76 bits per heavy atom. The predicted molar refractivity (Wildman–Crippen MR) is 74.8 cm³/mol. The molecule has 0 aliphatic heterocycles. The highest BCUT2D eigenvalue weighted by molar-refractivity contribution is 6.05. The first kappa shape index (κ1) is 14.6. The van der Waals surface area contributed by atoms with Crippen molar-refractivity contribution < 1.29 is 18.8 Å². The number of halogens is 2. The van der Waals surface area contributed by atoms with Gasteiger partial charge in [-0.05, 0) is 31.2 Å². The molecule has 0 unspecified atom stereocenters. The van der Waals surface area contributed by atoms with Crippen LogP contribution in [0.1, 0.15) is 22.8 Å². The van der Waals surface area contributed by atoms with Gasteiger partial charge < -0.3 is 10.5 Å². The Kier molecular flexibility index (Phi) is 4.27. The summed E-state index contributed by atoms with van der Waals surface area (Å²) < 4.78 is 26.2. The predicted octanol–water partition coefficient (Wildman–Crippen LogP) is 3.42. The summed E-state index contributed by atoms with van der Waals surface area (Å²) in [4.78, 5) is 11.9. The first-order valence-corrected chi connectivity index (χ1v) is 6.06. The van der Waals surface area contributed by atoms with Gasteiger partial charge in [-0.15, -0.1) is 0 Å². The van der Waals surface area contributed by atoms with Gasteiger partial charge in [0.2, 0.25) is 0 Å². The van der Waals surface area contributed by atoms with Crippen molar-refractivity contribution in [2.24, 2.45) is 5.16 Å². The molecule has 0 fully saturated rings. The number of carbonyl (C=O) groups excluding carboxylic acids is 1. The van der Waals surface area contributed by atoms with E-state index in [0.717, 1.165) is 12.1 Å². The van der Waals surface area contributed by atoms with Gasteiger partial charge in [-0.25, -0.2) is 8.78 Å². The Labute approximate surface area is 119 Å². The molecular weight excluding hydrogens is 278 g/mol. The van der Waals surface area contributed by atoms with Crippen molar-refractivity contribution in [3.05, 3.63) is 65.2 Å². The second-order valence-corrected chi connectivity index (χ2v) is 4.38. The Bertz CT molecular complexity index is 694. The lowest BCUT2D eigenvalue weighted by Crippen LogP contribution is -2.13. The molecule has 1 amide bonds. The molecule has 2 rings (SSSR count). The fourth-order valence-electron chi connectivity index (χ4n) is 1.77. The van der Waals surface area contributed by atoms with Gasteiger partial charge in [-0.1, -0.05) is 17.3 Å². The normalized spacial score (nSPS) is 11.3. The zero-order valence-electron chi connectivity index (χ0n) is 11.1. The van der Waals surface area contributed by atoms with Crippen LogP contribution in [0.25, 0.3) is 0 Å². The van der Waals surface area contributed by atoms with Gasteiger partial charge in [0.1, 0.15) is 11.6 Å². The summed E-state index contributed by atoms with van der Waals surface area (Å²) in [6, 6.07) is 9.15. The van der Waals surface area contributed by atoms with Crippen molar-refractivity contribution in [1.82, 2.24) is 0 Å². The molecule has 0 saturated carbocycles. The summed E-state index contributed by atoms with van der Waals surface area (Å²) in [7, 11) is 0. The van der Waals surface area contributed by atoms with Crippen LogP contribution < -0.4 is 5.32 Å². The van der Waals surface area contributed by atoms with Gasteiger partial charge in [-0.3, -0.25) is 4.79 Å². The van der Waals surface area contributed by atoms with Crippen LogP contribution in [0.3, 0.4) is 0 Å². The number of hydrogen-bond acceptors (Lipinski definition) is 3. The summed E-state index contributed by atoms with van der Waals surface area (Å²) in [5, 5.41) is 14.3. The van der Waals surface area contributed by atoms with E-state index in [9.17, 15) is 13.6 Å². The number of nitrogens with one attached hydrogen (secondary N) is 1. The Morgan fingerprint density at radius 3 is 2.38 bits per heavy atom. The lowest BCUT2D eigenvalue weighted by molar-refractivity contribution is 0.102. The molecule has 0 radical (unpaired) electrons. The molecule has 0 aliphatic carbocycles. The number of oxime groups is 1. The summed E-state index contributed by atoms with van der Waals surface area (Å²) in [5.74, 6) is -2.28. The van der Waals surface area contributed by atoms with Crippen molar-refractivity contribution in [2.45, 2.75) is 6.92 Å². The summed E-state index contributed by atoms with van der Waals surface area (Å²) in [6.45, 7) is 1.60. The van der Waals surface area contributed by atoms with Gasteiger partial charge in [0.25, 0.3) is 5.91 Å². The quantitative estimate of drug-likeness (QED) is 0.517. The third kappa shape index (κ3) is 3.62. The van der Waals surface area contributed by atoms with Crippen molar-refractivity contribution in [1.29, 1.82) is 0 Å². The smallest absolute Gasteiger partial charge is 0.255 e. The topological polar surface area (TPSA) is 61.7 Å². The molecule has 0 heterocycles. The first-order chi connectivity index (χ1) is 9.99. The van der Waals surface area contributed by atoms with E-state index >= 15 is 0 Å². The molecule has 0 spiro atoms. The number of rotatable bonds is 3. The van der Waals surface area contributed by atoms with E-state index in [1.165, 1.54) is 0 Å². The van der Waals surface area contributed by atoms with Gasteiger partial charge in [0, 0.05) is 22.9 Å². The molecule has 0 bridgehead atoms. The van der Waals surface area contributed by atoms with Gasteiger partial charge in [-0.2, -0.15) is 0 Å². The SMILES string of the molecule is C/C(=N\O)c1cccc(NC(=O)c2cc(F)cc(F)c2)c1.